The molecule has 0 spiro atoms. The summed E-state index contributed by atoms with van der Waals surface area (Å²) in [5, 5.41) is 5.30. The molecule has 0 saturated carbocycles. The SMILES string of the molecule is CCNC(=O)c1ccc(OCC(=O)NCCOC)c(N)c1. The molecule has 0 saturated heterocycles. The molecular formula is C14H21N3O4. The number of carbonyl (C=O) groups is 2. The smallest absolute Gasteiger partial charge is 0.258 e. The number of hydrogen-bond donors (Lipinski definition) is 3. The average molecular weight is 295 g/mol. The first-order valence-electron chi connectivity index (χ1n) is 6.64. The molecule has 0 unspecified atom stereocenters. The van der Waals surface area contributed by atoms with Crippen LogP contribution in [0.15, 0.2) is 18.2 Å². The Bertz CT molecular complexity index is 491. The fourth-order valence-electron chi connectivity index (χ4n) is 1.57. The lowest BCUT2D eigenvalue weighted by molar-refractivity contribution is -0.123. The first kappa shape index (κ1) is 16.8. The normalized spacial score (nSPS) is 10.0. The standard InChI is InChI=1S/C14H21N3O4/c1-3-16-14(19)10-4-5-12(11(15)8-10)21-9-13(18)17-6-7-20-2/h4-5,8H,3,6-7,9,15H2,1-2H3,(H,16,19)(H,17,18). The zero-order valence-electron chi connectivity index (χ0n) is 12.3. The number of nitrogens with two attached hydrogens (primary N) is 1. The number of benzene rings is 1. The Hall–Kier alpha value is -2.28. The van der Waals surface area contributed by atoms with E-state index in [0.29, 0.717) is 36.7 Å². The van der Waals surface area contributed by atoms with E-state index in [1.165, 1.54) is 6.07 Å². The Morgan fingerprint density at radius 1 is 1.29 bits per heavy atom. The highest BCUT2D eigenvalue weighted by Crippen LogP contribution is 2.22. The summed E-state index contributed by atoms with van der Waals surface area (Å²) in [6, 6.07) is 4.69. The van der Waals surface area contributed by atoms with Gasteiger partial charge in [-0.3, -0.25) is 9.59 Å². The molecule has 0 aliphatic heterocycles. The summed E-state index contributed by atoms with van der Waals surface area (Å²) in [5.74, 6) is -0.0998. The summed E-state index contributed by atoms with van der Waals surface area (Å²) in [6.45, 7) is 3.09. The maximum absolute atomic E-state index is 11.6. The summed E-state index contributed by atoms with van der Waals surface area (Å²) in [6.07, 6.45) is 0. The van der Waals surface area contributed by atoms with Gasteiger partial charge in [0.1, 0.15) is 5.75 Å². The molecule has 0 fully saturated rings. The van der Waals surface area contributed by atoms with Crippen LogP contribution in [0.25, 0.3) is 0 Å². The molecule has 7 nitrogen and oxygen atoms in total. The van der Waals surface area contributed by atoms with E-state index in [9.17, 15) is 9.59 Å². The fourth-order valence-corrected chi connectivity index (χ4v) is 1.57. The topological polar surface area (TPSA) is 103 Å². The van der Waals surface area contributed by atoms with Gasteiger partial charge in [0.05, 0.1) is 12.3 Å². The maximum Gasteiger partial charge on any atom is 0.258 e. The summed E-state index contributed by atoms with van der Waals surface area (Å²) in [5.41, 5.74) is 6.57. The number of carbonyl (C=O) groups excluding carboxylic acids is 2. The number of amides is 2. The van der Waals surface area contributed by atoms with E-state index in [2.05, 4.69) is 10.6 Å². The van der Waals surface area contributed by atoms with Crippen molar-refractivity contribution in [2.45, 2.75) is 6.92 Å². The van der Waals surface area contributed by atoms with Gasteiger partial charge in [0.25, 0.3) is 11.8 Å². The Kier molecular flexibility index (Phi) is 7.03. The summed E-state index contributed by atoms with van der Waals surface area (Å²) < 4.78 is 10.1. The number of nitrogen functional groups attached to an aromatic ring is 1. The third-order valence-corrected chi connectivity index (χ3v) is 2.60. The summed E-state index contributed by atoms with van der Waals surface area (Å²) >= 11 is 0. The van der Waals surface area contributed by atoms with Crippen LogP contribution in [0.3, 0.4) is 0 Å². The molecule has 2 amide bonds. The molecule has 1 aromatic carbocycles. The van der Waals surface area contributed by atoms with Crippen LogP contribution in [0.4, 0.5) is 5.69 Å². The molecule has 7 heteroatoms. The van der Waals surface area contributed by atoms with Crippen LogP contribution >= 0.6 is 0 Å². The molecule has 116 valence electrons. The zero-order valence-corrected chi connectivity index (χ0v) is 12.3. The highest BCUT2D eigenvalue weighted by atomic mass is 16.5. The molecule has 0 heterocycles. The van der Waals surface area contributed by atoms with Crippen molar-refractivity contribution in [3.05, 3.63) is 23.8 Å². The van der Waals surface area contributed by atoms with E-state index in [0.717, 1.165) is 0 Å². The van der Waals surface area contributed by atoms with E-state index in [4.69, 9.17) is 15.2 Å². The highest BCUT2D eigenvalue weighted by molar-refractivity contribution is 5.95. The quantitative estimate of drug-likeness (QED) is 0.468. The first-order valence-corrected chi connectivity index (χ1v) is 6.64. The van der Waals surface area contributed by atoms with Crippen molar-refractivity contribution in [1.82, 2.24) is 10.6 Å². The molecule has 0 aliphatic rings. The van der Waals surface area contributed by atoms with Crippen LogP contribution in [0.1, 0.15) is 17.3 Å². The fraction of sp³-hybridized carbons (Fsp3) is 0.429. The van der Waals surface area contributed by atoms with Gasteiger partial charge in [0.2, 0.25) is 0 Å². The van der Waals surface area contributed by atoms with Gasteiger partial charge in [-0.2, -0.15) is 0 Å². The molecule has 1 aromatic rings. The Labute approximate surface area is 123 Å². The van der Waals surface area contributed by atoms with E-state index in [1.807, 2.05) is 6.92 Å². The van der Waals surface area contributed by atoms with Crippen molar-refractivity contribution >= 4 is 17.5 Å². The number of hydrogen-bond acceptors (Lipinski definition) is 5. The Morgan fingerprint density at radius 3 is 2.67 bits per heavy atom. The minimum Gasteiger partial charge on any atom is -0.482 e. The largest absolute Gasteiger partial charge is 0.482 e. The Morgan fingerprint density at radius 2 is 2.05 bits per heavy atom. The lowest BCUT2D eigenvalue weighted by atomic mass is 10.2. The van der Waals surface area contributed by atoms with Crippen LogP contribution in [-0.4, -0.2) is 45.2 Å². The maximum atomic E-state index is 11.6. The van der Waals surface area contributed by atoms with Gasteiger partial charge >= 0.3 is 0 Å². The van der Waals surface area contributed by atoms with Gasteiger partial charge in [-0.1, -0.05) is 0 Å². The van der Waals surface area contributed by atoms with Crippen LogP contribution < -0.4 is 21.1 Å². The van der Waals surface area contributed by atoms with Gasteiger partial charge in [0, 0.05) is 25.8 Å². The van der Waals surface area contributed by atoms with Gasteiger partial charge in [-0.15, -0.1) is 0 Å². The molecular weight excluding hydrogens is 274 g/mol. The van der Waals surface area contributed by atoms with Crippen LogP contribution in [0.2, 0.25) is 0 Å². The second-order valence-corrected chi connectivity index (χ2v) is 4.24. The number of nitrogens with one attached hydrogen (secondary N) is 2. The predicted octanol–water partition coefficient (Wildman–Crippen LogP) is 0.160. The molecule has 0 bridgehead atoms. The molecule has 0 aromatic heterocycles. The van der Waals surface area contributed by atoms with Gasteiger partial charge in [-0.05, 0) is 25.1 Å². The van der Waals surface area contributed by atoms with E-state index >= 15 is 0 Å². The molecule has 0 atom stereocenters. The third-order valence-electron chi connectivity index (χ3n) is 2.60. The summed E-state index contributed by atoms with van der Waals surface area (Å²) in [4.78, 5) is 23.1. The molecule has 21 heavy (non-hydrogen) atoms. The lowest BCUT2D eigenvalue weighted by Gasteiger charge is -2.10. The second-order valence-electron chi connectivity index (χ2n) is 4.24. The zero-order chi connectivity index (χ0) is 15.7. The van der Waals surface area contributed by atoms with Gasteiger partial charge in [-0.25, -0.2) is 0 Å². The number of rotatable bonds is 8. The molecule has 0 radical (unpaired) electrons. The second kappa shape index (κ2) is 8.80. The van der Waals surface area contributed by atoms with Crippen molar-refractivity contribution in [2.24, 2.45) is 0 Å². The van der Waals surface area contributed by atoms with Crippen molar-refractivity contribution < 1.29 is 19.1 Å². The van der Waals surface area contributed by atoms with Gasteiger partial charge in [0.15, 0.2) is 6.61 Å². The van der Waals surface area contributed by atoms with Crippen molar-refractivity contribution in [3.8, 4) is 5.75 Å². The van der Waals surface area contributed by atoms with Crippen molar-refractivity contribution in [2.75, 3.05) is 39.1 Å². The van der Waals surface area contributed by atoms with Crippen molar-refractivity contribution in [1.29, 1.82) is 0 Å². The highest BCUT2D eigenvalue weighted by Gasteiger charge is 2.09. The van der Waals surface area contributed by atoms with Crippen LogP contribution in [-0.2, 0) is 9.53 Å². The monoisotopic (exact) mass is 295 g/mol. The van der Waals surface area contributed by atoms with Crippen LogP contribution in [0, 0.1) is 0 Å². The first-order chi connectivity index (χ1) is 10.1. The molecule has 4 N–H and O–H groups in total. The van der Waals surface area contributed by atoms with Gasteiger partial charge < -0.3 is 25.8 Å². The number of methoxy groups -OCH3 is 1. The average Bonchev–Trinajstić information content (AvgIpc) is 2.46. The Balaban J connectivity index is 2.53. The van der Waals surface area contributed by atoms with E-state index in [-0.39, 0.29) is 18.4 Å². The lowest BCUT2D eigenvalue weighted by Crippen LogP contribution is -2.31. The minimum absolute atomic E-state index is 0.144. The predicted molar refractivity (Wildman–Crippen MR) is 79.2 cm³/mol. The van der Waals surface area contributed by atoms with E-state index < -0.39 is 0 Å². The minimum atomic E-state index is -0.265. The molecule has 1 rings (SSSR count). The van der Waals surface area contributed by atoms with Crippen LogP contribution in [0.5, 0.6) is 5.75 Å². The van der Waals surface area contributed by atoms with Crippen molar-refractivity contribution in [3.63, 3.8) is 0 Å². The molecule has 0 aliphatic carbocycles. The van der Waals surface area contributed by atoms with E-state index in [1.54, 1.807) is 19.2 Å². The number of anilines is 1. The number of ether oxygens (including phenoxy) is 2. The summed E-state index contributed by atoms with van der Waals surface area (Å²) in [7, 11) is 1.56. The third kappa shape index (κ3) is 5.70.